The number of aromatic hydroxyl groups is 1. The topological polar surface area (TPSA) is 52.8 Å². The van der Waals surface area contributed by atoms with E-state index < -0.39 is 0 Å². The Labute approximate surface area is 62.2 Å². The van der Waals surface area contributed by atoms with Crippen LogP contribution in [0.4, 0.5) is 0 Å². The monoisotopic (exact) mass is 157 g/mol. The molecule has 0 atom stereocenters. The molecule has 0 aliphatic carbocycles. The molecule has 0 bridgehead atoms. The van der Waals surface area contributed by atoms with Crippen molar-refractivity contribution >= 4 is 17.0 Å². The van der Waals surface area contributed by atoms with E-state index in [1.807, 2.05) is 0 Å². The highest BCUT2D eigenvalue weighted by atomic mass is 32.1. The van der Waals surface area contributed by atoms with Crippen LogP contribution in [0.1, 0.15) is 11.8 Å². The second-order valence-corrected chi connectivity index (χ2v) is 2.74. The van der Waals surface area contributed by atoms with E-state index in [9.17, 15) is 0 Å². The van der Waals surface area contributed by atoms with Gasteiger partial charge in [-0.3, -0.25) is 0 Å². The lowest BCUT2D eigenvalue weighted by Crippen LogP contribution is -1.89. The zero-order valence-electron chi connectivity index (χ0n) is 5.40. The molecule has 0 fully saturated rings. The van der Waals surface area contributed by atoms with E-state index in [1.54, 1.807) is 18.4 Å². The molecule has 0 aliphatic heterocycles. The Morgan fingerprint density at radius 3 is 2.80 bits per heavy atom. The summed E-state index contributed by atoms with van der Waals surface area (Å²) in [6.45, 7) is 1.63. The molecule has 1 heterocycles. The molecule has 3 nitrogen and oxygen atoms in total. The predicted octanol–water partition coefficient (Wildman–Crippen LogP) is 1.65. The first-order valence-electron chi connectivity index (χ1n) is 2.71. The third-order valence-electron chi connectivity index (χ3n) is 1.12. The standard InChI is InChI=1S/C6H7NO2S/c1-4(7-9)6-5(8)2-3-10-6/h2-3,8-9H,1H3. The second kappa shape index (κ2) is 2.70. The Balaban J connectivity index is 3.05. The molecule has 0 radical (unpaired) electrons. The molecule has 0 aromatic carbocycles. The summed E-state index contributed by atoms with van der Waals surface area (Å²) in [5.74, 6) is 0.167. The molecule has 1 aromatic rings. The molecular weight excluding hydrogens is 150 g/mol. The molecule has 54 valence electrons. The fraction of sp³-hybridized carbons (Fsp3) is 0.167. The fourth-order valence-corrected chi connectivity index (χ4v) is 1.35. The van der Waals surface area contributed by atoms with Crippen LogP contribution in [0.5, 0.6) is 5.75 Å². The maximum atomic E-state index is 9.07. The van der Waals surface area contributed by atoms with Crippen LogP contribution in [0.25, 0.3) is 0 Å². The summed E-state index contributed by atoms with van der Waals surface area (Å²) >= 11 is 1.34. The summed E-state index contributed by atoms with van der Waals surface area (Å²) in [5.41, 5.74) is 0.438. The van der Waals surface area contributed by atoms with Crippen molar-refractivity contribution in [2.24, 2.45) is 5.16 Å². The molecule has 2 N–H and O–H groups in total. The Kier molecular flexibility index (Phi) is 1.91. The average Bonchev–Trinajstić information content (AvgIpc) is 2.34. The van der Waals surface area contributed by atoms with Crippen LogP contribution in [-0.2, 0) is 0 Å². The highest BCUT2D eigenvalue weighted by Crippen LogP contribution is 2.23. The van der Waals surface area contributed by atoms with Crippen molar-refractivity contribution < 1.29 is 10.3 Å². The van der Waals surface area contributed by atoms with Crippen LogP contribution in [-0.4, -0.2) is 16.0 Å². The first kappa shape index (κ1) is 7.08. The molecule has 4 heteroatoms. The van der Waals surface area contributed by atoms with Gasteiger partial charge in [-0.2, -0.15) is 0 Å². The second-order valence-electron chi connectivity index (χ2n) is 1.82. The third kappa shape index (κ3) is 1.11. The lowest BCUT2D eigenvalue weighted by molar-refractivity contribution is 0.319. The fourth-order valence-electron chi connectivity index (χ4n) is 0.619. The van der Waals surface area contributed by atoms with Gasteiger partial charge in [0.2, 0.25) is 0 Å². The average molecular weight is 157 g/mol. The first-order chi connectivity index (χ1) is 4.75. The van der Waals surface area contributed by atoms with E-state index >= 15 is 0 Å². The summed E-state index contributed by atoms with van der Waals surface area (Å²) < 4.78 is 0. The van der Waals surface area contributed by atoms with Crippen LogP contribution < -0.4 is 0 Å². The van der Waals surface area contributed by atoms with Gasteiger partial charge >= 0.3 is 0 Å². The minimum Gasteiger partial charge on any atom is -0.506 e. The van der Waals surface area contributed by atoms with Gasteiger partial charge in [0.1, 0.15) is 5.75 Å². The molecule has 0 amide bonds. The maximum Gasteiger partial charge on any atom is 0.135 e. The van der Waals surface area contributed by atoms with E-state index in [2.05, 4.69) is 5.16 Å². The summed E-state index contributed by atoms with van der Waals surface area (Å²) in [6, 6.07) is 1.56. The number of rotatable bonds is 1. The maximum absolute atomic E-state index is 9.07. The van der Waals surface area contributed by atoms with Gasteiger partial charge in [-0.25, -0.2) is 0 Å². The largest absolute Gasteiger partial charge is 0.506 e. The van der Waals surface area contributed by atoms with Crippen LogP contribution >= 0.6 is 11.3 Å². The molecule has 1 rings (SSSR count). The highest BCUT2D eigenvalue weighted by Gasteiger charge is 2.04. The van der Waals surface area contributed by atoms with Gasteiger partial charge < -0.3 is 10.3 Å². The van der Waals surface area contributed by atoms with Gasteiger partial charge in [-0.15, -0.1) is 11.3 Å². The first-order valence-corrected chi connectivity index (χ1v) is 3.59. The van der Waals surface area contributed by atoms with Crippen LogP contribution in [0, 0.1) is 0 Å². The highest BCUT2D eigenvalue weighted by molar-refractivity contribution is 7.12. The Hall–Kier alpha value is -1.03. The van der Waals surface area contributed by atoms with Crippen molar-refractivity contribution in [3.05, 3.63) is 16.3 Å². The minimum absolute atomic E-state index is 0.167. The van der Waals surface area contributed by atoms with Crippen molar-refractivity contribution in [2.75, 3.05) is 0 Å². The SMILES string of the molecule is CC(=NO)c1sccc1O. The Morgan fingerprint density at radius 2 is 2.40 bits per heavy atom. The van der Waals surface area contributed by atoms with Crippen LogP contribution in [0.15, 0.2) is 16.6 Å². The predicted molar refractivity (Wildman–Crippen MR) is 40.0 cm³/mol. The Morgan fingerprint density at radius 1 is 1.70 bits per heavy atom. The van der Waals surface area contributed by atoms with Crippen molar-refractivity contribution in [1.82, 2.24) is 0 Å². The molecule has 0 saturated carbocycles. The molecular formula is C6H7NO2S. The quantitative estimate of drug-likeness (QED) is 0.370. The van der Waals surface area contributed by atoms with Gasteiger partial charge in [0, 0.05) is 0 Å². The lowest BCUT2D eigenvalue weighted by atomic mass is 10.3. The van der Waals surface area contributed by atoms with Crippen LogP contribution in [0.2, 0.25) is 0 Å². The molecule has 10 heavy (non-hydrogen) atoms. The van der Waals surface area contributed by atoms with E-state index in [4.69, 9.17) is 10.3 Å². The molecule has 0 saturated heterocycles. The van der Waals surface area contributed by atoms with Gasteiger partial charge in [-0.1, -0.05) is 5.16 Å². The number of nitrogens with zero attached hydrogens (tertiary/aromatic N) is 1. The van der Waals surface area contributed by atoms with Gasteiger partial charge in [0.25, 0.3) is 0 Å². The van der Waals surface area contributed by atoms with Crippen molar-refractivity contribution in [2.45, 2.75) is 6.92 Å². The van der Waals surface area contributed by atoms with E-state index in [0.717, 1.165) is 0 Å². The molecule has 0 spiro atoms. The number of thiophene rings is 1. The summed E-state index contributed by atoms with van der Waals surface area (Å²) in [5, 5.41) is 22.1. The summed E-state index contributed by atoms with van der Waals surface area (Å²) in [7, 11) is 0. The van der Waals surface area contributed by atoms with Gasteiger partial charge in [0.05, 0.1) is 10.6 Å². The van der Waals surface area contributed by atoms with Crippen molar-refractivity contribution in [1.29, 1.82) is 0 Å². The lowest BCUT2D eigenvalue weighted by Gasteiger charge is -1.91. The summed E-state index contributed by atoms with van der Waals surface area (Å²) in [6.07, 6.45) is 0. The van der Waals surface area contributed by atoms with Crippen LogP contribution in [0.3, 0.4) is 0 Å². The normalized spacial score (nSPS) is 11.9. The van der Waals surface area contributed by atoms with Gasteiger partial charge in [0.15, 0.2) is 0 Å². The third-order valence-corrected chi connectivity index (χ3v) is 2.14. The Bertz CT molecular complexity index is 254. The van der Waals surface area contributed by atoms with Gasteiger partial charge in [-0.05, 0) is 18.4 Å². The number of hydrogen-bond donors (Lipinski definition) is 2. The smallest absolute Gasteiger partial charge is 0.135 e. The van der Waals surface area contributed by atoms with Crippen molar-refractivity contribution in [3.63, 3.8) is 0 Å². The number of hydrogen-bond acceptors (Lipinski definition) is 4. The zero-order valence-corrected chi connectivity index (χ0v) is 6.22. The van der Waals surface area contributed by atoms with E-state index in [-0.39, 0.29) is 5.75 Å². The minimum atomic E-state index is 0.167. The number of oxime groups is 1. The molecule has 0 unspecified atom stereocenters. The summed E-state index contributed by atoms with van der Waals surface area (Å²) in [4.78, 5) is 0.613. The molecule has 0 aliphatic rings. The molecule has 1 aromatic heterocycles. The van der Waals surface area contributed by atoms with Crippen molar-refractivity contribution in [3.8, 4) is 5.75 Å². The van der Waals surface area contributed by atoms with E-state index in [0.29, 0.717) is 10.6 Å². The zero-order chi connectivity index (χ0) is 7.56. The van der Waals surface area contributed by atoms with E-state index in [1.165, 1.54) is 11.3 Å².